The third-order valence-electron chi connectivity index (χ3n) is 4.89. The second kappa shape index (κ2) is 8.39. The molecule has 2 N–H and O–H groups in total. The van der Waals surface area contributed by atoms with Crippen molar-refractivity contribution in [3.63, 3.8) is 0 Å². The lowest BCUT2D eigenvalue weighted by Gasteiger charge is -2.28. The topological polar surface area (TPSA) is 77.8 Å². The Balaban J connectivity index is 0.00000243. The number of hydrogen-bond acceptors (Lipinski definition) is 5. The molecule has 0 aliphatic carbocycles. The fourth-order valence-electron chi connectivity index (χ4n) is 3.65. The third-order valence-corrected chi connectivity index (χ3v) is 6.01. The highest BCUT2D eigenvalue weighted by molar-refractivity contribution is 7.90. The highest BCUT2D eigenvalue weighted by Crippen LogP contribution is 2.38. The molecule has 0 spiro atoms. The van der Waals surface area contributed by atoms with E-state index in [0.717, 1.165) is 31.1 Å². The van der Waals surface area contributed by atoms with Gasteiger partial charge in [-0.05, 0) is 42.5 Å². The van der Waals surface area contributed by atoms with E-state index in [-0.39, 0.29) is 41.9 Å². The van der Waals surface area contributed by atoms with Gasteiger partial charge in [0.25, 0.3) is 0 Å². The summed E-state index contributed by atoms with van der Waals surface area (Å²) >= 11 is 0. The van der Waals surface area contributed by atoms with Gasteiger partial charge in [0.2, 0.25) is 0 Å². The van der Waals surface area contributed by atoms with Crippen LogP contribution in [-0.2, 0) is 16.3 Å². The number of phenols is 1. The van der Waals surface area contributed by atoms with E-state index in [2.05, 4.69) is 12.1 Å². The van der Waals surface area contributed by atoms with Gasteiger partial charge in [-0.2, -0.15) is 0 Å². The Hall–Kier alpha value is -1.60. The first-order valence-electron chi connectivity index (χ1n) is 8.33. The Morgan fingerprint density at radius 2 is 1.81 bits per heavy atom. The highest BCUT2D eigenvalue weighted by Gasteiger charge is 2.34. The van der Waals surface area contributed by atoms with Gasteiger partial charge in [-0.25, -0.2) is 8.42 Å². The van der Waals surface area contributed by atoms with Crippen molar-refractivity contribution >= 4 is 22.2 Å². The quantitative estimate of drug-likeness (QED) is 0.811. The van der Waals surface area contributed by atoms with Crippen molar-refractivity contribution in [2.75, 3.05) is 13.0 Å². The number of aromatic hydroxyl groups is 1. The van der Waals surface area contributed by atoms with Gasteiger partial charge in [0, 0.05) is 18.3 Å². The Bertz CT molecular complexity index is 842. The van der Waals surface area contributed by atoms with Crippen LogP contribution in [0.5, 0.6) is 5.75 Å². The fourth-order valence-corrected chi connectivity index (χ4v) is 4.45. The monoisotopic (exact) mass is 397 g/mol. The van der Waals surface area contributed by atoms with Crippen LogP contribution in [0.3, 0.4) is 0 Å². The van der Waals surface area contributed by atoms with Crippen molar-refractivity contribution in [1.82, 2.24) is 4.90 Å². The van der Waals surface area contributed by atoms with Gasteiger partial charge in [-0.3, -0.25) is 4.90 Å². The van der Waals surface area contributed by atoms with E-state index >= 15 is 0 Å². The van der Waals surface area contributed by atoms with Crippen molar-refractivity contribution in [2.45, 2.75) is 36.2 Å². The van der Waals surface area contributed by atoms with Gasteiger partial charge in [0.15, 0.2) is 9.84 Å². The molecule has 1 aliphatic heterocycles. The van der Waals surface area contributed by atoms with E-state index < -0.39 is 9.84 Å². The van der Waals surface area contributed by atoms with Crippen LogP contribution in [0, 0.1) is 0 Å². The van der Waals surface area contributed by atoms with Gasteiger partial charge in [0.1, 0.15) is 10.6 Å². The van der Waals surface area contributed by atoms with Gasteiger partial charge in [-0.1, -0.05) is 36.4 Å². The summed E-state index contributed by atoms with van der Waals surface area (Å²) < 4.78 is 23.7. The number of aliphatic hydroxyl groups excluding tert-OH is 1. The minimum atomic E-state index is -3.50. The maximum Gasteiger partial charge on any atom is 0.179 e. The molecular formula is C19H24ClNO4S. The molecule has 0 bridgehead atoms. The molecule has 2 aromatic carbocycles. The third kappa shape index (κ3) is 4.38. The lowest BCUT2D eigenvalue weighted by atomic mass is 10.0. The maximum atomic E-state index is 11.9. The Kier molecular flexibility index (Phi) is 6.69. The largest absolute Gasteiger partial charge is 0.507 e. The summed E-state index contributed by atoms with van der Waals surface area (Å²) in [5.74, 6) is -0.236. The summed E-state index contributed by atoms with van der Waals surface area (Å²) in [6.07, 6.45) is 3.69. The summed E-state index contributed by atoms with van der Waals surface area (Å²) in [6.45, 7) is -0.0861. The summed E-state index contributed by atoms with van der Waals surface area (Å²) in [5.41, 5.74) is 2.02. The predicted octanol–water partition coefficient (Wildman–Crippen LogP) is 2.92. The summed E-state index contributed by atoms with van der Waals surface area (Å²) in [5, 5.41) is 19.7. The molecule has 1 aliphatic rings. The zero-order valence-corrected chi connectivity index (χ0v) is 16.2. The molecule has 7 heteroatoms. The number of hydrogen-bond donors (Lipinski definition) is 2. The molecule has 26 heavy (non-hydrogen) atoms. The first kappa shape index (κ1) is 20.7. The zero-order valence-electron chi connectivity index (χ0n) is 14.6. The SMILES string of the molecule is CS(=O)(=O)c1cc(C2CCC(Cc3ccccc3)N2CO)ccc1O.Cl. The number of benzene rings is 2. The minimum Gasteiger partial charge on any atom is -0.507 e. The van der Waals surface area contributed by atoms with E-state index in [1.807, 2.05) is 23.1 Å². The molecule has 2 unspecified atom stereocenters. The second-order valence-corrected chi connectivity index (χ2v) is 8.58. The molecule has 2 atom stereocenters. The summed E-state index contributed by atoms with van der Waals surface area (Å²) in [4.78, 5) is 1.94. The van der Waals surface area contributed by atoms with Crippen molar-refractivity contribution in [1.29, 1.82) is 0 Å². The molecule has 0 aromatic heterocycles. The number of nitrogens with zero attached hydrogens (tertiary/aromatic N) is 1. The van der Waals surface area contributed by atoms with E-state index in [1.165, 1.54) is 17.7 Å². The lowest BCUT2D eigenvalue weighted by Crippen LogP contribution is -2.34. The molecule has 0 saturated carbocycles. The van der Waals surface area contributed by atoms with Crippen LogP contribution >= 0.6 is 12.4 Å². The van der Waals surface area contributed by atoms with Crippen molar-refractivity contribution in [3.8, 4) is 5.75 Å². The van der Waals surface area contributed by atoms with Gasteiger partial charge in [-0.15, -0.1) is 12.4 Å². The van der Waals surface area contributed by atoms with E-state index in [1.54, 1.807) is 6.07 Å². The van der Waals surface area contributed by atoms with Gasteiger partial charge >= 0.3 is 0 Å². The van der Waals surface area contributed by atoms with E-state index in [9.17, 15) is 18.6 Å². The first-order chi connectivity index (χ1) is 11.9. The van der Waals surface area contributed by atoms with Crippen LogP contribution in [0.2, 0.25) is 0 Å². The van der Waals surface area contributed by atoms with Crippen LogP contribution in [0.4, 0.5) is 0 Å². The molecule has 142 valence electrons. The molecule has 2 aromatic rings. The zero-order chi connectivity index (χ0) is 18.0. The Labute approximate surface area is 160 Å². The number of likely N-dealkylation sites (tertiary alicyclic amines) is 1. The maximum absolute atomic E-state index is 11.9. The first-order valence-corrected chi connectivity index (χ1v) is 10.2. The number of aliphatic hydroxyl groups is 1. The van der Waals surface area contributed by atoms with Crippen molar-refractivity contribution in [3.05, 3.63) is 59.7 Å². The normalized spacial score (nSPS) is 20.7. The van der Waals surface area contributed by atoms with Crippen molar-refractivity contribution < 1.29 is 18.6 Å². The standard InChI is InChI=1S/C19H23NO4S.ClH/c1-25(23,24)19-12-15(7-10-18(19)22)17-9-8-16(20(17)13-21)11-14-5-3-2-4-6-14;/h2-7,10,12,16-17,21-22H,8-9,11,13H2,1H3;1H. The molecule has 1 fully saturated rings. The Morgan fingerprint density at radius 3 is 2.42 bits per heavy atom. The number of phenolic OH excluding ortho intramolecular Hbond substituents is 1. The predicted molar refractivity (Wildman–Crippen MR) is 103 cm³/mol. The van der Waals surface area contributed by atoms with Crippen LogP contribution < -0.4 is 0 Å². The summed E-state index contributed by atoms with van der Waals surface area (Å²) in [7, 11) is -3.50. The van der Waals surface area contributed by atoms with Crippen molar-refractivity contribution in [2.24, 2.45) is 0 Å². The van der Waals surface area contributed by atoms with Crippen LogP contribution in [-0.4, -0.2) is 42.6 Å². The fraction of sp³-hybridized carbons (Fsp3) is 0.368. The molecule has 0 radical (unpaired) electrons. The van der Waals surface area contributed by atoms with Crippen LogP contribution in [0.1, 0.15) is 30.0 Å². The molecule has 5 nitrogen and oxygen atoms in total. The van der Waals surface area contributed by atoms with Crippen LogP contribution in [0.15, 0.2) is 53.4 Å². The molecule has 3 rings (SSSR count). The van der Waals surface area contributed by atoms with E-state index in [4.69, 9.17) is 0 Å². The smallest absolute Gasteiger partial charge is 0.179 e. The lowest BCUT2D eigenvalue weighted by molar-refractivity contribution is 0.0624. The number of halogens is 1. The van der Waals surface area contributed by atoms with Gasteiger partial charge < -0.3 is 10.2 Å². The minimum absolute atomic E-state index is 0. The average Bonchev–Trinajstić information content (AvgIpc) is 2.97. The summed E-state index contributed by atoms with van der Waals surface area (Å²) in [6, 6.07) is 15.0. The molecular weight excluding hydrogens is 374 g/mol. The number of sulfone groups is 1. The van der Waals surface area contributed by atoms with Crippen LogP contribution in [0.25, 0.3) is 0 Å². The number of rotatable bonds is 5. The Morgan fingerprint density at radius 1 is 1.12 bits per heavy atom. The second-order valence-electron chi connectivity index (χ2n) is 6.59. The molecule has 1 heterocycles. The van der Waals surface area contributed by atoms with E-state index in [0.29, 0.717) is 0 Å². The highest BCUT2D eigenvalue weighted by atomic mass is 35.5. The molecule has 0 amide bonds. The average molecular weight is 398 g/mol. The van der Waals surface area contributed by atoms with Gasteiger partial charge in [0.05, 0.1) is 6.73 Å². The molecule has 1 saturated heterocycles.